The molecular formula is C25H27N5O. The number of carbonyl (C=O) groups is 1. The summed E-state index contributed by atoms with van der Waals surface area (Å²) in [6, 6.07) is 12.2. The predicted molar refractivity (Wildman–Crippen MR) is 118 cm³/mol. The quantitative estimate of drug-likeness (QED) is 0.654. The molecule has 6 rings (SSSR count). The van der Waals surface area contributed by atoms with Gasteiger partial charge in [0.05, 0.1) is 11.4 Å². The van der Waals surface area contributed by atoms with E-state index in [1.807, 2.05) is 42.4 Å². The highest BCUT2D eigenvalue weighted by Gasteiger charge is 2.45. The normalized spacial score (nSPS) is 22.7. The average Bonchev–Trinajstić information content (AvgIpc) is 3.52. The number of aromatic nitrogens is 4. The Morgan fingerprint density at radius 1 is 1.16 bits per heavy atom. The Kier molecular flexibility index (Phi) is 4.23. The molecule has 2 aliphatic carbocycles. The molecule has 1 amide bonds. The molecule has 0 radical (unpaired) electrons. The van der Waals surface area contributed by atoms with E-state index >= 15 is 0 Å². The minimum atomic E-state index is -0.0619. The lowest BCUT2D eigenvalue weighted by atomic mass is 9.77. The number of aryl methyl sites for hydroxylation is 2. The van der Waals surface area contributed by atoms with Crippen LogP contribution in [0.4, 0.5) is 0 Å². The van der Waals surface area contributed by atoms with E-state index in [1.54, 1.807) is 4.68 Å². The molecular weight excluding hydrogens is 386 g/mol. The van der Waals surface area contributed by atoms with E-state index < -0.39 is 0 Å². The number of rotatable bonds is 3. The van der Waals surface area contributed by atoms with Gasteiger partial charge in [-0.15, -0.1) is 0 Å². The summed E-state index contributed by atoms with van der Waals surface area (Å²) in [6.45, 7) is 1.53. The summed E-state index contributed by atoms with van der Waals surface area (Å²) in [7, 11) is 1.89. The summed E-state index contributed by atoms with van der Waals surface area (Å²) in [5.74, 6) is 1.44. The number of nitrogens with zero attached hydrogens (tertiary/aromatic N) is 5. The van der Waals surface area contributed by atoms with Gasteiger partial charge in [0.1, 0.15) is 5.69 Å². The largest absolute Gasteiger partial charge is 0.336 e. The molecule has 1 unspecified atom stereocenters. The zero-order valence-electron chi connectivity index (χ0n) is 17.9. The highest BCUT2D eigenvalue weighted by atomic mass is 16.2. The molecule has 0 N–H and O–H groups in total. The van der Waals surface area contributed by atoms with Crippen LogP contribution in [0.25, 0.3) is 11.4 Å². The van der Waals surface area contributed by atoms with Crippen molar-refractivity contribution in [3.05, 3.63) is 65.2 Å². The lowest BCUT2D eigenvalue weighted by Crippen LogP contribution is -2.48. The van der Waals surface area contributed by atoms with Crippen molar-refractivity contribution >= 4 is 5.91 Å². The first-order valence-electron chi connectivity index (χ1n) is 11.4. The van der Waals surface area contributed by atoms with Crippen LogP contribution < -0.4 is 0 Å². The van der Waals surface area contributed by atoms with E-state index in [9.17, 15) is 4.79 Å². The first-order chi connectivity index (χ1) is 15.1. The van der Waals surface area contributed by atoms with Crippen LogP contribution in [-0.2, 0) is 18.9 Å². The summed E-state index contributed by atoms with van der Waals surface area (Å²) in [5, 5.41) is 4.61. The van der Waals surface area contributed by atoms with Crippen molar-refractivity contribution in [2.75, 3.05) is 13.1 Å². The van der Waals surface area contributed by atoms with Crippen LogP contribution >= 0.6 is 0 Å². The van der Waals surface area contributed by atoms with Crippen molar-refractivity contribution in [3.8, 4) is 11.4 Å². The molecule has 1 atom stereocenters. The van der Waals surface area contributed by atoms with Crippen LogP contribution in [0, 0.1) is 0 Å². The topological polar surface area (TPSA) is 63.9 Å². The van der Waals surface area contributed by atoms with Gasteiger partial charge in [-0.05, 0) is 50.2 Å². The molecule has 6 nitrogen and oxygen atoms in total. The minimum Gasteiger partial charge on any atom is -0.336 e. The van der Waals surface area contributed by atoms with E-state index in [0.29, 0.717) is 11.6 Å². The van der Waals surface area contributed by atoms with Gasteiger partial charge in [-0.3, -0.25) is 9.48 Å². The van der Waals surface area contributed by atoms with Gasteiger partial charge in [0.15, 0.2) is 5.82 Å². The second-order valence-corrected chi connectivity index (χ2v) is 9.40. The van der Waals surface area contributed by atoms with Crippen molar-refractivity contribution in [2.24, 2.45) is 7.05 Å². The van der Waals surface area contributed by atoms with Crippen LogP contribution in [0.2, 0.25) is 0 Å². The van der Waals surface area contributed by atoms with Crippen LogP contribution in [0.15, 0.2) is 42.6 Å². The summed E-state index contributed by atoms with van der Waals surface area (Å²) in [6.07, 6.45) is 8.50. The third-order valence-electron chi connectivity index (χ3n) is 7.25. The summed E-state index contributed by atoms with van der Waals surface area (Å²) in [5.41, 5.74) is 5.16. The second-order valence-electron chi connectivity index (χ2n) is 9.40. The van der Waals surface area contributed by atoms with Gasteiger partial charge >= 0.3 is 0 Å². The first kappa shape index (κ1) is 18.7. The van der Waals surface area contributed by atoms with Crippen LogP contribution in [0.5, 0.6) is 0 Å². The molecule has 1 saturated carbocycles. The molecule has 1 aliphatic heterocycles. The Hall–Kier alpha value is -3.02. The van der Waals surface area contributed by atoms with Gasteiger partial charge in [0, 0.05) is 43.2 Å². The molecule has 2 aromatic heterocycles. The second kappa shape index (κ2) is 7.01. The molecule has 1 spiro atoms. The maximum atomic E-state index is 13.4. The number of piperidine rings is 1. The molecule has 6 heteroatoms. The number of amides is 1. The van der Waals surface area contributed by atoms with E-state index in [-0.39, 0.29) is 11.3 Å². The highest BCUT2D eigenvalue weighted by Crippen LogP contribution is 2.45. The Labute approximate surface area is 182 Å². The molecule has 3 aromatic rings. The fraction of sp³-hybridized carbons (Fsp3) is 0.440. The standard InChI is InChI=1S/C25H27N5O/c1-29-21(14-20(28-29)17-8-9-17)24(31)30-13-5-11-25(16-30)12-10-19-15-26-23(27-22(19)25)18-6-3-2-4-7-18/h2-4,6-7,14-15,17H,5,8-13,16H2,1H3. The van der Waals surface area contributed by atoms with Gasteiger partial charge in [-0.25, -0.2) is 9.97 Å². The zero-order chi connectivity index (χ0) is 21.0. The zero-order valence-corrected chi connectivity index (χ0v) is 17.9. The summed E-state index contributed by atoms with van der Waals surface area (Å²) < 4.78 is 1.77. The van der Waals surface area contributed by atoms with Gasteiger partial charge in [0.2, 0.25) is 0 Å². The molecule has 0 bridgehead atoms. The number of fused-ring (bicyclic) bond motifs is 2. The van der Waals surface area contributed by atoms with Gasteiger partial charge in [-0.1, -0.05) is 30.3 Å². The number of benzene rings is 1. The van der Waals surface area contributed by atoms with Gasteiger partial charge in [0.25, 0.3) is 5.91 Å². The monoisotopic (exact) mass is 413 g/mol. The minimum absolute atomic E-state index is 0.0619. The van der Waals surface area contributed by atoms with E-state index in [1.165, 1.54) is 18.4 Å². The fourth-order valence-electron chi connectivity index (χ4n) is 5.40. The Morgan fingerprint density at radius 3 is 2.81 bits per heavy atom. The maximum Gasteiger partial charge on any atom is 0.272 e. The number of hydrogen-bond acceptors (Lipinski definition) is 4. The smallest absolute Gasteiger partial charge is 0.272 e. The SMILES string of the molecule is Cn1nc(C2CC2)cc1C(=O)N1CCCC2(CCc3cnc(-c4ccccc4)nc32)C1. The van der Waals surface area contributed by atoms with Crippen molar-refractivity contribution in [1.82, 2.24) is 24.6 Å². The Morgan fingerprint density at radius 2 is 2.00 bits per heavy atom. The fourth-order valence-corrected chi connectivity index (χ4v) is 5.40. The molecule has 3 aliphatic rings. The van der Waals surface area contributed by atoms with Gasteiger partial charge in [-0.2, -0.15) is 5.10 Å². The number of carbonyl (C=O) groups excluding carboxylic acids is 1. The maximum absolute atomic E-state index is 13.4. The molecule has 31 heavy (non-hydrogen) atoms. The predicted octanol–water partition coefficient (Wildman–Crippen LogP) is 3.87. The van der Waals surface area contributed by atoms with Crippen molar-refractivity contribution in [2.45, 2.75) is 49.9 Å². The summed E-state index contributed by atoms with van der Waals surface area (Å²) in [4.78, 5) is 25.2. The van der Waals surface area contributed by atoms with E-state index in [2.05, 4.69) is 22.2 Å². The first-order valence-corrected chi connectivity index (χ1v) is 11.4. The lowest BCUT2D eigenvalue weighted by molar-refractivity contribution is 0.0622. The Bertz CT molecular complexity index is 1150. The number of likely N-dealkylation sites (tertiary alicyclic amines) is 1. The Balaban J connectivity index is 1.31. The molecule has 3 heterocycles. The van der Waals surface area contributed by atoms with Gasteiger partial charge < -0.3 is 4.90 Å². The molecule has 1 aromatic carbocycles. The number of hydrogen-bond donors (Lipinski definition) is 0. The van der Waals surface area contributed by atoms with Crippen molar-refractivity contribution in [3.63, 3.8) is 0 Å². The van der Waals surface area contributed by atoms with E-state index in [0.717, 1.165) is 61.5 Å². The lowest BCUT2D eigenvalue weighted by Gasteiger charge is -2.40. The van der Waals surface area contributed by atoms with Crippen molar-refractivity contribution < 1.29 is 4.79 Å². The third kappa shape index (κ3) is 3.16. The van der Waals surface area contributed by atoms with Crippen LogP contribution in [0.1, 0.15) is 65.5 Å². The van der Waals surface area contributed by atoms with E-state index in [4.69, 9.17) is 4.98 Å². The highest BCUT2D eigenvalue weighted by molar-refractivity contribution is 5.93. The molecule has 158 valence electrons. The van der Waals surface area contributed by atoms with Crippen molar-refractivity contribution in [1.29, 1.82) is 0 Å². The third-order valence-corrected chi connectivity index (χ3v) is 7.25. The van der Waals surface area contributed by atoms with Crippen LogP contribution in [-0.4, -0.2) is 43.6 Å². The molecule has 2 fully saturated rings. The van der Waals surface area contributed by atoms with Crippen LogP contribution in [0.3, 0.4) is 0 Å². The molecule has 1 saturated heterocycles. The average molecular weight is 414 g/mol. The summed E-state index contributed by atoms with van der Waals surface area (Å²) >= 11 is 0.